The van der Waals surface area contributed by atoms with Gasteiger partial charge in [-0.25, -0.2) is 0 Å². The molecule has 0 saturated heterocycles. The standard InChI is InChI=1S/C16H27NO2/c1-4-12-18-15-9-7-8-10-16(15)19-13-11-17-14(5-2)6-3/h7-10,14,17H,4-6,11-13H2,1-3H3. The zero-order valence-electron chi connectivity index (χ0n) is 12.4. The number of benzene rings is 1. The van der Waals surface area contributed by atoms with Crippen LogP contribution in [-0.4, -0.2) is 25.8 Å². The topological polar surface area (TPSA) is 30.5 Å². The lowest BCUT2D eigenvalue weighted by atomic mass is 10.2. The number of hydrogen-bond acceptors (Lipinski definition) is 3. The highest BCUT2D eigenvalue weighted by atomic mass is 16.5. The molecule has 0 saturated carbocycles. The largest absolute Gasteiger partial charge is 0.490 e. The fourth-order valence-electron chi connectivity index (χ4n) is 1.90. The van der Waals surface area contributed by atoms with Crippen molar-refractivity contribution in [1.29, 1.82) is 0 Å². The van der Waals surface area contributed by atoms with E-state index in [0.717, 1.165) is 43.9 Å². The summed E-state index contributed by atoms with van der Waals surface area (Å²) in [6.45, 7) is 8.78. The van der Waals surface area contributed by atoms with Crippen molar-refractivity contribution in [3.8, 4) is 11.5 Å². The second-order valence-corrected chi connectivity index (χ2v) is 4.61. The molecule has 0 bridgehead atoms. The Bertz CT molecular complexity index is 337. The molecular weight excluding hydrogens is 238 g/mol. The molecule has 108 valence electrons. The van der Waals surface area contributed by atoms with E-state index < -0.39 is 0 Å². The summed E-state index contributed by atoms with van der Waals surface area (Å²) in [5.74, 6) is 1.68. The zero-order chi connectivity index (χ0) is 13.9. The summed E-state index contributed by atoms with van der Waals surface area (Å²) in [5.41, 5.74) is 0. The van der Waals surface area contributed by atoms with Crippen LogP contribution in [0.4, 0.5) is 0 Å². The molecule has 0 atom stereocenters. The van der Waals surface area contributed by atoms with Crippen LogP contribution in [0.1, 0.15) is 40.0 Å². The number of rotatable bonds is 10. The van der Waals surface area contributed by atoms with Gasteiger partial charge in [-0.05, 0) is 31.4 Å². The highest BCUT2D eigenvalue weighted by molar-refractivity contribution is 5.39. The second kappa shape index (κ2) is 9.68. The molecule has 1 rings (SSSR count). The SMILES string of the molecule is CCCOc1ccccc1OCCNC(CC)CC. The highest BCUT2D eigenvalue weighted by Crippen LogP contribution is 2.26. The van der Waals surface area contributed by atoms with Crippen molar-refractivity contribution in [3.05, 3.63) is 24.3 Å². The molecule has 0 unspecified atom stereocenters. The molecule has 19 heavy (non-hydrogen) atoms. The van der Waals surface area contributed by atoms with E-state index in [2.05, 4.69) is 26.1 Å². The molecule has 0 aromatic heterocycles. The lowest BCUT2D eigenvalue weighted by Crippen LogP contribution is -2.31. The van der Waals surface area contributed by atoms with E-state index in [4.69, 9.17) is 9.47 Å². The summed E-state index contributed by atoms with van der Waals surface area (Å²) >= 11 is 0. The quantitative estimate of drug-likeness (QED) is 0.655. The van der Waals surface area contributed by atoms with Crippen LogP contribution in [0, 0.1) is 0 Å². The number of hydrogen-bond donors (Lipinski definition) is 1. The molecular formula is C16H27NO2. The fourth-order valence-corrected chi connectivity index (χ4v) is 1.90. The summed E-state index contributed by atoms with van der Waals surface area (Å²) in [6, 6.07) is 8.46. The Balaban J connectivity index is 2.35. The van der Waals surface area contributed by atoms with Crippen LogP contribution in [0.2, 0.25) is 0 Å². The first-order valence-corrected chi connectivity index (χ1v) is 7.39. The molecule has 3 nitrogen and oxygen atoms in total. The maximum absolute atomic E-state index is 5.79. The Morgan fingerprint density at radius 3 is 2.05 bits per heavy atom. The third-order valence-electron chi connectivity index (χ3n) is 3.09. The third-order valence-corrected chi connectivity index (χ3v) is 3.09. The highest BCUT2D eigenvalue weighted by Gasteiger charge is 2.05. The second-order valence-electron chi connectivity index (χ2n) is 4.61. The van der Waals surface area contributed by atoms with Crippen LogP contribution < -0.4 is 14.8 Å². The number of nitrogens with one attached hydrogen (secondary N) is 1. The monoisotopic (exact) mass is 265 g/mol. The predicted molar refractivity (Wildman–Crippen MR) is 80.1 cm³/mol. The van der Waals surface area contributed by atoms with Gasteiger partial charge in [0.05, 0.1) is 6.61 Å². The number of para-hydroxylation sites is 2. The van der Waals surface area contributed by atoms with E-state index in [1.165, 1.54) is 0 Å². The Morgan fingerprint density at radius 1 is 0.947 bits per heavy atom. The van der Waals surface area contributed by atoms with Crippen LogP contribution in [-0.2, 0) is 0 Å². The van der Waals surface area contributed by atoms with E-state index in [1.54, 1.807) is 0 Å². The van der Waals surface area contributed by atoms with Gasteiger partial charge >= 0.3 is 0 Å². The van der Waals surface area contributed by atoms with Crippen LogP contribution in [0.3, 0.4) is 0 Å². The van der Waals surface area contributed by atoms with Gasteiger partial charge in [0.25, 0.3) is 0 Å². The maximum atomic E-state index is 5.79. The van der Waals surface area contributed by atoms with Gasteiger partial charge < -0.3 is 14.8 Å². The number of ether oxygens (including phenoxy) is 2. The summed E-state index contributed by atoms with van der Waals surface area (Å²) in [4.78, 5) is 0. The Hall–Kier alpha value is -1.22. The van der Waals surface area contributed by atoms with Gasteiger partial charge in [0, 0.05) is 12.6 Å². The van der Waals surface area contributed by atoms with E-state index in [9.17, 15) is 0 Å². The molecule has 1 aromatic carbocycles. The van der Waals surface area contributed by atoms with E-state index in [1.807, 2.05) is 24.3 Å². The maximum Gasteiger partial charge on any atom is 0.161 e. The van der Waals surface area contributed by atoms with Crippen molar-refractivity contribution < 1.29 is 9.47 Å². The van der Waals surface area contributed by atoms with E-state index in [-0.39, 0.29) is 0 Å². The van der Waals surface area contributed by atoms with Crippen molar-refractivity contribution in [1.82, 2.24) is 5.32 Å². The van der Waals surface area contributed by atoms with Gasteiger partial charge in [0.2, 0.25) is 0 Å². The zero-order valence-corrected chi connectivity index (χ0v) is 12.4. The van der Waals surface area contributed by atoms with Gasteiger partial charge in [-0.1, -0.05) is 32.9 Å². The lowest BCUT2D eigenvalue weighted by Gasteiger charge is -2.16. The van der Waals surface area contributed by atoms with Crippen LogP contribution in [0.5, 0.6) is 11.5 Å². The van der Waals surface area contributed by atoms with Crippen molar-refractivity contribution in [2.45, 2.75) is 46.1 Å². The van der Waals surface area contributed by atoms with Gasteiger partial charge in [-0.3, -0.25) is 0 Å². The molecule has 0 fully saturated rings. The van der Waals surface area contributed by atoms with Crippen molar-refractivity contribution in [3.63, 3.8) is 0 Å². The minimum Gasteiger partial charge on any atom is -0.490 e. The molecule has 0 heterocycles. The first-order chi connectivity index (χ1) is 9.31. The third kappa shape index (κ3) is 5.97. The van der Waals surface area contributed by atoms with Crippen LogP contribution >= 0.6 is 0 Å². The Labute approximate surface area is 117 Å². The van der Waals surface area contributed by atoms with Crippen LogP contribution in [0.15, 0.2) is 24.3 Å². The molecule has 3 heteroatoms. The fraction of sp³-hybridized carbons (Fsp3) is 0.625. The minimum atomic E-state index is 0.593. The summed E-state index contributed by atoms with van der Waals surface area (Å²) in [7, 11) is 0. The molecule has 0 aliphatic carbocycles. The first-order valence-electron chi connectivity index (χ1n) is 7.39. The molecule has 0 amide bonds. The summed E-state index contributed by atoms with van der Waals surface area (Å²) < 4.78 is 11.4. The summed E-state index contributed by atoms with van der Waals surface area (Å²) in [6.07, 6.45) is 3.32. The molecule has 0 aliphatic heterocycles. The molecule has 0 aliphatic rings. The van der Waals surface area contributed by atoms with Crippen LogP contribution in [0.25, 0.3) is 0 Å². The van der Waals surface area contributed by atoms with Gasteiger partial charge in [-0.15, -0.1) is 0 Å². The van der Waals surface area contributed by atoms with Gasteiger partial charge in [0.1, 0.15) is 6.61 Å². The molecule has 1 aromatic rings. The average molecular weight is 265 g/mol. The lowest BCUT2D eigenvalue weighted by molar-refractivity contribution is 0.263. The van der Waals surface area contributed by atoms with Gasteiger partial charge in [-0.2, -0.15) is 0 Å². The van der Waals surface area contributed by atoms with Crippen molar-refractivity contribution in [2.24, 2.45) is 0 Å². The van der Waals surface area contributed by atoms with E-state index >= 15 is 0 Å². The molecule has 0 radical (unpaired) electrons. The molecule has 0 spiro atoms. The smallest absolute Gasteiger partial charge is 0.161 e. The predicted octanol–water partition coefficient (Wildman–Crippen LogP) is 3.63. The van der Waals surface area contributed by atoms with Crippen molar-refractivity contribution >= 4 is 0 Å². The normalized spacial score (nSPS) is 10.7. The Morgan fingerprint density at radius 2 is 1.53 bits per heavy atom. The first kappa shape index (κ1) is 15.8. The summed E-state index contributed by atoms with van der Waals surface area (Å²) in [5, 5.41) is 3.49. The Kier molecular flexibility index (Phi) is 8.07. The van der Waals surface area contributed by atoms with Crippen molar-refractivity contribution in [2.75, 3.05) is 19.8 Å². The molecule has 1 N–H and O–H groups in total. The average Bonchev–Trinajstić information content (AvgIpc) is 2.46. The minimum absolute atomic E-state index is 0.593. The van der Waals surface area contributed by atoms with E-state index in [0.29, 0.717) is 12.6 Å². The van der Waals surface area contributed by atoms with Gasteiger partial charge in [0.15, 0.2) is 11.5 Å².